The molecule has 1 aromatic carbocycles. The summed E-state index contributed by atoms with van der Waals surface area (Å²) in [5, 5.41) is 2.85. The van der Waals surface area contributed by atoms with Crippen molar-refractivity contribution in [3.05, 3.63) is 54.2 Å². The highest BCUT2D eigenvalue weighted by molar-refractivity contribution is 5.97. The van der Waals surface area contributed by atoms with Crippen LogP contribution in [0, 0.1) is 0 Å². The molecular formula is C21H25N3O4. The molecular weight excluding hydrogens is 358 g/mol. The van der Waals surface area contributed by atoms with Crippen molar-refractivity contribution < 1.29 is 19.1 Å². The van der Waals surface area contributed by atoms with Gasteiger partial charge in [-0.05, 0) is 24.5 Å². The summed E-state index contributed by atoms with van der Waals surface area (Å²) in [6.45, 7) is 1.50. The summed E-state index contributed by atoms with van der Waals surface area (Å²) in [5.74, 6) is 0.258. The number of carbonyl (C=O) groups is 2. The van der Waals surface area contributed by atoms with Gasteiger partial charge >= 0.3 is 0 Å². The fraction of sp³-hybridized carbons (Fsp3) is 0.381. The monoisotopic (exact) mass is 383 g/mol. The number of carbonyl (C=O) groups excluding carboxylic acids is 2. The van der Waals surface area contributed by atoms with E-state index in [1.165, 1.54) is 0 Å². The minimum absolute atomic E-state index is 0.0242. The molecule has 7 nitrogen and oxygen atoms in total. The number of methoxy groups -OCH3 is 1. The predicted octanol–water partition coefficient (Wildman–Crippen LogP) is 2.28. The van der Waals surface area contributed by atoms with Gasteiger partial charge in [0.25, 0.3) is 0 Å². The number of anilines is 1. The Morgan fingerprint density at radius 2 is 2.00 bits per heavy atom. The first kappa shape index (κ1) is 19.8. The van der Waals surface area contributed by atoms with Crippen molar-refractivity contribution in [3.8, 4) is 5.88 Å². The van der Waals surface area contributed by atoms with E-state index in [1.807, 2.05) is 30.3 Å². The summed E-state index contributed by atoms with van der Waals surface area (Å²) in [6, 6.07) is 12.6. The summed E-state index contributed by atoms with van der Waals surface area (Å²) in [7, 11) is 1.60. The number of nitrogens with zero attached hydrogens (tertiary/aromatic N) is 2. The highest BCUT2D eigenvalue weighted by atomic mass is 16.5. The van der Waals surface area contributed by atoms with Gasteiger partial charge in [-0.3, -0.25) is 9.59 Å². The summed E-state index contributed by atoms with van der Waals surface area (Å²) in [4.78, 5) is 31.2. The molecule has 1 aliphatic rings. The molecule has 0 spiro atoms. The van der Waals surface area contributed by atoms with Crippen LogP contribution in [-0.4, -0.2) is 54.6 Å². The third-order valence-electron chi connectivity index (χ3n) is 4.62. The number of amides is 2. The molecule has 3 rings (SSSR count). The van der Waals surface area contributed by atoms with Crippen LogP contribution in [0.4, 0.5) is 5.69 Å². The number of pyridine rings is 1. The zero-order valence-corrected chi connectivity index (χ0v) is 16.0. The van der Waals surface area contributed by atoms with Crippen LogP contribution in [0.1, 0.15) is 18.4 Å². The number of nitrogens with one attached hydrogen (secondary N) is 1. The first-order valence-corrected chi connectivity index (χ1v) is 9.39. The van der Waals surface area contributed by atoms with Gasteiger partial charge in [-0.25, -0.2) is 4.98 Å². The van der Waals surface area contributed by atoms with Crippen molar-refractivity contribution >= 4 is 17.5 Å². The van der Waals surface area contributed by atoms with Crippen molar-refractivity contribution in [2.75, 3.05) is 32.2 Å². The second-order valence-electron chi connectivity index (χ2n) is 6.62. The van der Waals surface area contributed by atoms with E-state index in [9.17, 15) is 9.59 Å². The summed E-state index contributed by atoms with van der Waals surface area (Å²) < 4.78 is 10.3. The third kappa shape index (κ3) is 5.29. The Bertz CT molecular complexity index is 780. The average Bonchev–Trinajstić information content (AvgIpc) is 3.20. The SMILES string of the molecule is COCCOc1ccc(NC(=O)C2CCCN2C(=O)Cc2ccccc2)cn1. The minimum atomic E-state index is -0.450. The van der Waals surface area contributed by atoms with E-state index < -0.39 is 6.04 Å². The molecule has 0 aliphatic carbocycles. The number of rotatable bonds is 8. The first-order valence-electron chi connectivity index (χ1n) is 9.39. The lowest BCUT2D eigenvalue weighted by molar-refractivity contribution is -0.136. The number of hydrogen-bond donors (Lipinski definition) is 1. The molecule has 28 heavy (non-hydrogen) atoms. The van der Waals surface area contributed by atoms with Crippen molar-refractivity contribution in [3.63, 3.8) is 0 Å². The van der Waals surface area contributed by atoms with Crippen molar-refractivity contribution in [1.29, 1.82) is 0 Å². The number of benzene rings is 1. The Hall–Kier alpha value is -2.93. The van der Waals surface area contributed by atoms with Crippen molar-refractivity contribution in [2.45, 2.75) is 25.3 Å². The van der Waals surface area contributed by atoms with E-state index in [0.717, 1.165) is 12.0 Å². The van der Waals surface area contributed by atoms with Gasteiger partial charge in [0.1, 0.15) is 12.6 Å². The Morgan fingerprint density at radius 3 is 2.71 bits per heavy atom. The Labute approximate surface area is 164 Å². The predicted molar refractivity (Wildman–Crippen MR) is 105 cm³/mol. The van der Waals surface area contributed by atoms with Crippen LogP contribution in [0.3, 0.4) is 0 Å². The van der Waals surface area contributed by atoms with Gasteiger partial charge in [0.05, 0.1) is 24.9 Å². The molecule has 1 fully saturated rings. The second kappa shape index (κ2) is 9.85. The first-order chi connectivity index (χ1) is 13.7. The summed E-state index contributed by atoms with van der Waals surface area (Å²) in [6.07, 6.45) is 3.34. The highest BCUT2D eigenvalue weighted by Gasteiger charge is 2.33. The molecule has 2 amide bonds. The van der Waals surface area contributed by atoms with Crippen LogP contribution in [0.5, 0.6) is 5.88 Å². The summed E-state index contributed by atoms with van der Waals surface area (Å²) in [5.41, 5.74) is 1.53. The number of likely N-dealkylation sites (tertiary alicyclic amines) is 1. The fourth-order valence-electron chi connectivity index (χ4n) is 3.20. The standard InChI is InChI=1S/C21H25N3O4/c1-27-12-13-28-19-10-9-17(15-22-19)23-21(26)18-8-5-11-24(18)20(25)14-16-6-3-2-4-7-16/h2-4,6-7,9-10,15,18H,5,8,11-14H2,1H3,(H,23,26). The molecule has 0 saturated carbocycles. The Balaban J connectivity index is 1.56. The van der Waals surface area contributed by atoms with Crippen molar-refractivity contribution in [1.82, 2.24) is 9.88 Å². The largest absolute Gasteiger partial charge is 0.475 e. The number of hydrogen-bond acceptors (Lipinski definition) is 5. The number of aromatic nitrogens is 1. The lowest BCUT2D eigenvalue weighted by atomic mass is 10.1. The summed E-state index contributed by atoms with van der Waals surface area (Å²) >= 11 is 0. The molecule has 7 heteroatoms. The van der Waals surface area contributed by atoms with Crippen LogP contribution < -0.4 is 10.1 Å². The second-order valence-corrected chi connectivity index (χ2v) is 6.62. The molecule has 0 bridgehead atoms. The van der Waals surface area contributed by atoms with Crippen LogP contribution in [0.15, 0.2) is 48.7 Å². The lowest BCUT2D eigenvalue weighted by Crippen LogP contribution is -2.43. The van der Waals surface area contributed by atoms with Gasteiger partial charge in [0.2, 0.25) is 17.7 Å². The average molecular weight is 383 g/mol. The van der Waals surface area contributed by atoms with E-state index in [2.05, 4.69) is 10.3 Å². The topological polar surface area (TPSA) is 80.8 Å². The third-order valence-corrected chi connectivity index (χ3v) is 4.62. The van der Waals surface area contributed by atoms with E-state index in [1.54, 1.807) is 30.3 Å². The van der Waals surface area contributed by atoms with Crippen LogP contribution in [0.2, 0.25) is 0 Å². The van der Waals surface area contributed by atoms with Gasteiger partial charge in [0.15, 0.2) is 0 Å². The smallest absolute Gasteiger partial charge is 0.247 e. The van der Waals surface area contributed by atoms with Crippen LogP contribution in [-0.2, 0) is 20.7 Å². The molecule has 148 valence electrons. The quantitative estimate of drug-likeness (QED) is 0.708. The van der Waals surface area contributed by atoms with Gasteiger partial charge in [-0.2, -0.15) is 0 Å². The Kier molecular flexibility index (Phi) is 6.97. The highest BCUT2D eigenvalue weighted by Crippen LogP contribution is 2.21. The molecule has 1 aliphatic heterocycles. The fourth-order valence-corrected chi connectivity index (χ4v) is 3.20. The van der Waals surface area contributed by atoms with E-state index >= 15 is 0 Å². The molecule has 1 atom stereocenters. The van der Waals surface area contributed by atoms with Crippen LogP contribution in [0.25, 0.3) is 0 Å². The van der Waals surface area contributed by atoms with Gasteiger partial charge < -0.3 is 19.7 Å². The van der Waals surface area contributed by atoms with E-state index in [4.69, 9.17) is 9.47 Å². The van der Waals surface area contributed by atoms with Gasteiger partial charge in [0, 0.05) is 19.7 Å². The van der Waals surface area contributed by atoms with Gasteiger partial charge in [-0.1, -0.05) is 30.3 Å². The molecule has 1 N–H and O–H groups in total. The van der Waals surface area contributed by atoms with E-state index in [-0.39, 0.29) is 11.8 Å². The van der Waals surface area contributed by atoms with Crippen LogP contribution >= 0.6 is 0 Å². The van der Waals surface area contributed by atoms with Crippen molar-refractivity contribution in [2.24, 2.45) is 0 Å². The Morgan fingerprint density at radius 1 is 1.18 bits per heavy atom. The maximum absolute atomic E-state index is 12.7. The molecule has 2 heterocycles. The molecule has 1 aromatic heterocycles. The minimum Gasteiger partial charge on any atom is -0.475 e. The lowest BCUT2D eigenvalue weighted by Gasteiger charge is -2.24. The zero-order chi connectivity index (χ0) is 19.8. The normalized spacial score (nSPS) is 16.0. The van der Waals surface area contributed by atoms with Gasteiger partial charge in [-0.15, -0.1) is 0 Å². The molecule has 0 radical (unpaired) electrons. The zero-order valence-electron chi connectivity index (χ0n) is 16.0. The van der Waals surface area contributed by atoms with E-state index in [0.29, 0.717) is 44.2 Å². The maximum Gasteiger partial charge on any atom is 0.247 e. The number of ether oxygens (including phenoxy) is 2. The molecule has 1 unspecified atom stereocenters. The molecule has 2 aromatic rings. The maximum atomic E-state index is 12.7. The molecule has 1 saturated heterocycles.